The maximum absolute atomic E-state index is 10.9. The van der Waals surface area contributed by atoms with Crippen molar-refractivity contribution >= 4 is 36.0 Å². The molecular weight excluding hydrogens is 222 g/mol. The lowest BCUT2D eigenvalue weighted by atomic mass is 10.1. The number of unbranched alkanes of at least 4 members (excludes halogenated alkanes) is 3. The summed E-state index contributed by atoms with van der Waals surface area (Å²) in [5.41, 5.74) is 5.54. The van der Waals surface area contributed by atoms with Crippen LogP contribution in [0.25, 0.3) is 0 Å². The Bertz CT molecular complexity index is 167. The SMILES string of the molecule is COC(=O)C(N)CCCCCC=S.Cl. The summed E-state index contributed by atoms with van der Waals surface area (Å²) in [5, 5.41) is 1.74. The summed E-state index contributed by atoms with van der Waals surface area (Å²) < 4.78 is 4.50. The van der Waals surface area contributed by atoms with Crippen molar-refractivity contribution in [2.24, 2.45) is 5.73 Å². The average molecular weight is 240 g/mol. The van der Waals surface area contributed by atoms with E-state index in [4.69, 9.17) is 5.73 Å². The lowest BCUT2D eigenvalue weighted by molar-refractivity contribution is -0.142. The van der Waals surface area contributed by atoms with E-state index in [-0.39, 0.29) is 18.4 Å². The highest BCUT2D eigenvalue weighted by Crippen LogP contribution is 2.04. The lowest BCUT2D eigenvalue weighted by Crippen LogP contribution is -2.31. The average Bonchev–Trinajstić information content (AvgIpc) is 2.16. The summed E-state index contributed by atoms with van der Waals surface area (Å²) in [6, 6.07) is -0.461. The Morgan fingerprint density at radius 1 is 1.50 bits per heavy atom. The first-order chi connectivity index (χ1) is 6.22. The number of ether oxygens (including phenoxy) is 1. The van der Waals surface area contributed by atoms with Gasteiger partial charge >= 0.3 is 5.97 Å². The summed E-state index contributed by atoms with van der Waals surface area (Å²) >= 11 is 4.69. The fourth-order valence-electron chi connectivity index (χ4n) is 1.04. The van der Waals surface area contributed by atoms with Crippen molar-refractivity contribution < 1.29 is 9.53 Å². The molecule has 5 heteroatoms. The molecule has 0 aliphatic rings. The van der Waals surface area contributed by atoms with E-state index in [0.717, 1.165) is 25.7 Å². The fraction of sp³-hybridized carbons (Fsp3) is 0.778. The number of carbonyl (C=O) groups excluding carboxylic acids is 1. The van der Waals surface area contributed by atoms with Crippen LogP contribution in [-0.4, -0.2) is 24.5 Å². The molecule has 0 rings (SSSR count). The van der Waals surface area contributed by atoms with Crippen LogP contribution in [0.3, 0.4) is 0 Å². The second-order valence-electron chi connectivity index (χ2n) is 2.93. The second-order valence-corrected chi connectivity index (χ2v) is 3.27. The van der Waals surface area contributed by atoms with Gasteiger partial charge in [-0.25, -0.2) is 0 Å². The van der Waals surface area contributed by atoms with Crippen molar-refractivity contribution in [3.63, 3.8) is 0 Å². The first-order valence-electron chi connectivity index (χ1n) is 4.49. The minimum Gasteiger partial charge on any atom is -0.468 e. The van der Waals surface area contributed by atoms with Crippen molar-refractivity contribution in [1.29, 1.82) is 0 Å². The van der Waals surface area contributed by atoms with Gasteiger partial charge in [-0.05, 0) is 24.6 Å². The molecule has 0 spiro atoms. The third kappa shape index (κ3) is 8.41. The van der Waals surface area contributed by atoms with Crippen molar-refractivity contribution in [1.82, 2.24) is 0 Å². The molecule has 0 radical (unpaired) electrons. The van der Waals surface area contributed by atoms with Crippen LogP contribution < -0.4 is 5.73 Å². The molecule has 0 fully saturated rings. The van der Waals surface area contributed by atoms with Crippen LogP contribution in [0, 0.1) is 0 Å². The smallest absolute Gasteiger partial charge is 0.322 e. The van der Waals surface area contributed by atoms with E-state index in [1.165, 1.54) is 7.11 Å². The highest BCUT2D eigenvalue weighted by atomic mass is 35.5. The molecule has 14 heavy (non-hydrogen) atoms. The zero-order chi connectivity index (χ0) is 10.1. The van der Waals surface area contributed by atoms with E-state index in [1.807, 2.05) is 0 Å². The largest absolute Gasteiger partial charge is 0.468 e. The topological polar surface area (TPSA) is 52.3 Å². The molecule has 0 amide bonds. The van der Waals surface area contributed by atoms with Crippen molar-refractivity contribution in [2.75, 3.05) is 7.11 Å². The molecule has 84 valence electrons. The van der Waals surface area contributed by atoms with E-state index >= 15 is 0 Å². The molecule has 0 aromatic carbocycles. The molecule has 0 aromatic rings. The molecule has 0 aromatic heterocycles. The van der Waals surface area contributed by atoms with Crippen molar-refractivity contribution in [2.45, 2.75) is 38.1 Å². The predicted octanol–water partition coefficient (Wildman–Crippen LogP) is 1.86. The van der Waals surface area contributed by atoms with Crippen LogP contribution >= 0.6 is 24.6 Å². The Labute approximate surface area is 96.8 Å². The number of nitrogens with two attached hydrogens (primary N) is 1. The normalized spacial score (nSPS) is 11.3. The fourth-order valence-corrected chi connectivity index (χ4v) is 1.20. The Morgan fingerprint density at radius 3 is 2.64 bits per heavy atom. The zero-order valence-corrected chi connectivity index (χ0v) is 10.0. The molecule has 3 nitrogen and oxygen atoms in total. The second kappa shape index (κ2) is 10.9. The van der Waals surface area contributed by atoms with Gasteiger partial charge in [-0.2, -0.15) is 0 Å². The van der Waals surface area contributed by atoms with Crippen LogP contribution in [0.5, 0.6) is 0 Å². The first-order valence-corrected chi connectivity index (χ1v) is 4.96. The standard InChI is InChI=1S/C9H17NO2S.ClH/c1-12-9(11)8(10)6-4-2-3-5-7-13;/h7-8H,2-6,10H2,1H3;1H. The number of halogens is 1. The maximum atomic E-state index is 10.9. The van der Waals surface area contributed by atoms with Gasteiger partial charge in [0.25, 0.3) is 0 Å². The van der Waals surface area contributed by atoms with Gasteiger partial charge in [-0.1, -0.05) is 25.1 Å². The van der Waals surface area contributed by atoms with Gasteiger partial charge in [0.1, 0.15) is 6.04 Å². The van der Waals surface area contributed by atoms with Gasteiger partial charge in [-0.3, -0.25) is 4.79 Å². The Hall–Kier alpha value is -0.190. The van der Waals surface area contributed by atoms with E-state index in [9.17, 15) is 4.79 Å². The summed E-state index contributed by atoms with van der Waals surface area (Å²) in [6.07, 6.45) is 4.77. The Morgan fingerprint density at radius 2 is 2.14 bits per heavy atom. The zero-order valence-electron chi connectivity index (χ0n) is 8.40. The van der Waals surface area contributed by atoms with Crippen LogP contribution in [0.1, 0.15) is 32.1 Å². The molecule has 1 atom stereocenters. The van der Waals surface area contributed by atoms with Crippen molar-refractivity contribution in [3.05, 3.63) is 0 Å². The number of esters is 1. The monoisotopic (exact) mass is 239 g/mol. The van der Waals surface area contributed by atoms with Crippen LogP contribution in [0.2, 0.25) is 0 Å². The lowest BCUT2D eigenvalue weighted by Gasteiger charge is -2.07. The number of rotatable bonds is 7. The van der Waals surface area contributed by atoms with E-state index in [0.29, 0.717) is 6.42 Å². The molecule has 0 saturated carbocycles. The molecular formula is C9H18ClNO2S. The molecule has 0 saturated heterocycles. The molecule has 1 unspecified atom stereocenters. The third-order valence-corrected chi connectivity index (χ3v) is 2.08. The molecule has 0 aliphatic carbocycles. The Balaban J connectivity index is 0. The van der Waals surface area contributed by atoms with E-state index < -0.39 is 6.04 Å². The number of carbonyl (C=O) groups is 1. The number of hydrogen-bond donors (Lipinski definition) is 1. The van der Waals surface area contributed by atoms with Crippen molar-refractivity contribution in [3.8, 4) is 0 Å². The minimum absolute atomic E-state index is 0. The van der Waals surface area contributed by atoms with Crippen LogP contribution in [-0.2, 0) is 9.53 Å². The maximum Gasteiger partial charge on any atom is 0.322 e. The number of thiocarbonyl (C=S) groups is 1. The van der Waals surface area contributed by atoms with Gasteiger partial charge < -0.3 is 10.5 Å². The van der Waals surface area contributed by atoms with Gasteiger partial charge in [-0.15, -0.1) is 12.4 Å². The van der Waals surface area contributed by atoms with Gasteiger partial charge in [0.2, 0.25) is 0 Å². The first kappa shape index (κ1) is 16.2. The number of methoxy groups -OCH3 is 1. The van der Waals surface area contributed by atoms with Crippen LogP contribution in [0.4, 0.5) is 0 Å². The third-order valence-electron chi connectivity index (χ3n) is 1.84. The van der Waals surface area contributed by atoms with Gasteiger partial charge in [0.15, 0.2) is 0 Å². The summed E-state index contributed by atoms with van der Waals surface area (Å²) in [7, 11) is 1.36. The van der Waals surface area contributed by atoms with Gasteiger partial charge in [0.05, 0.1) is 7.11 Å². The predicted molar refractivity (Wildman–Crippen MR) is 64.0 cm³/mol. The highest BCUT2D eigenvalue weighted by molar-refractivity contribution is 7.78. The molecule has 2 N–H and O–H groups in total. The highest BCUT2D eigenvalue weighted by Gasteiger charge is 2.11. The van der Waals surface area contributed by atoms with Gasteiger partial charge in [0, 0.05) is 0 Å². The molecule has 0 bridgehead atoms. The van der Waals surface area contributed by atoms with E-state index in [2.05, 4.69) is 17.0 Å². The summed E-state index contributed by atoms with van der Waals surface area (Å²) in [6.45, 7) is 0. The number of hydrogen-bond acceptors (Lipinski definition) is 4. The quantitative estimate of drug-likeness (QED) is 0.419. The van der Waals surface area contributed by atoms with E-state index in [1.54, 1.807) is 5.37 Å². The van der Waals surface area contributed by atoms with Crippen LogP contribution in [0.15, 0.2) is 0 Å². The molecule has 0 heterocycles. The minimum atomic E-state index is -0.461. The molecule has 0 aliphatic heterocycles. The summed E-state index contributed by atoms with van der Waals surface area (Å²) in [4.78, 5) is 10.9. The Kier molecular flexibility index (Phi) is 12.6. The summed E-state index contributed by atoms with van der Waals surface area (Å²) in [5.74, 6) is -0.324.